The van der Waals surface area contributed by atoms with Crippen molar-refractivity contribution in [1.82, 2.24) is 0 Å². The Morgan fingerprint density at radius 1 is 0.857 bits per heavy atom. The Morgan fingerprint density at radius 3 is 2.48 bits per heavy atom. The topological polar surface area (TPSA) is 13.1 Å². The van der Waals surface area contributed by atoms with Crippen LogP contribution in [0, 0.1) is 0 Å². The largest absolute Gasteiger partial charge is 0.455 e. The minimum absolute atomic E-state index is 0.655. The van der Waals surface area contributed by atoms with Crippen molar-refractivity contribution in [3.05, 3.63) is 70.2 Å². The van der Waals surface area contributed by atoms with Crippen LogP contribution in [0.25, 0.3) is 33.1 Å². The normalized spacial score (nSPS) is 11.3. The van der Waals surface area contributed by atoms with E-state index < -0.39 is 0 Å². The van der Waals surface area contributed by atoms with Crippen LogP contribution in [0.4, 0.5) is 0 Å². The third kappa shape index (κ3) is 2.06. The van der Waals surface area contributed by atoms with Gasteiger partial charge in [-0.05, 0) is 27.6 Å². The Kier molecular flexibility index (Phi) is 3.02. The molecule has 0 aliphatic carbocycles. The summed E-state index contributed by atoms with van der Waals surface area (Å²) < 4.78 is 6.95. The maximum atomic E-state index is 6.17. The van der Waals surface area contributed by atoms with Gasteiger partial charge in [-0.25, -0.2) is 0 Å². The van der Waals surface area contributed by atoms with E-state index in [1.807, 2.05) is 30.3 Å². The molecule has 3 heteroatoms. The Morgan fingerprint density at radius 2 is 1.67 bits per heavy atom. The Labute approximate surface area is 135 Å². The molecule has 0 saturated heterocycles. The van der Waals surface area contributed by atoms with Gasteiger partial charge in [0.2, 0.25) is 0 Å². The predicted molar refractivity (Wildman–Crippen MR) is 91.9 cm³/mol. The molecule has 1 heterocycles. The first-order valence-electron chi connectivity index (χ1n) is 6.60. The fourth-order valence-electron chi connectivity index (χ4n) is 2.64. The molecule has 4 rings (SSSR count). The lowest BCUT2D eigenvalue weighted by molar-refractivity contribution is 0.670. The fraction of sp³-hybridized carbons (Fsp3) is 0. The molecular formula is C18H10BrClO. The summed E-state index contributed by atoms with van der Waals surface area (Å²) >= 11 is 9.64. The van der Waals surface area contributed by atoms with Crippen molar-refractivity contribution in [2.45, 2.75) is 0 Å². The van der Waals surface area contributed by atoms with Crippen LogP contribution in [0.1, 0.15) is 0 Å². The van der Waals surface area contributed by atoms with Crippen molar-refractivity contribution in [3.63, 3.8) is 0 Å². The van der Waals surface area contributed by atoms with Gasteiger partial charge in [-0.1, -0.05) is 60.1 Å². The van der Waals surface area contributed by atoms with E-state index in [0.29, 0.717) is 5.02 Å². The number of halogens is 2. The van der Waals surface area contributed by atoms with Crippen LogP contribution in [0.15, 0.2) is 69.6 Å². The third-order valence-electron chi connectivity index (χ3n) is 3.62. The highest BCUT2D eigenvalue weighted by Crippen LogP contribution is 2.38. The van der Waals surface area contributed by atoms with Crippen molar-refractivity contribution in [2.24, 2.45) is 0 Å². The zero-order chi connectivity index (χ0) is 14.4. The second kappa shape index (κ2) is 4.90. The fourth-order valence-corrected chi connectivity index (χ4v) is 3.13. The number of fused-ring (bicyclic) bond motifs is 3. The van der Waals surface area contributed by atoms with Crippen LogP contribution < -0.4 is 0 Å². The average molecular weight is 358 g/mol. The maximum absolute atomic E-state index is 6.17. The summed E-state index contributed by atoms with van der Waals surface area (Å²) in [5.74, 6) is 0. The van der Waals surface area contributed by atoms with Crippen molar-refractivity contribution in [2.75, 3.05) is 0 Å². The molecule has 0 unspecified atom stereocenters. The minimum atomic E-state index is 0.655. The van der Waals surface area contributed by atoms with Gasteiger partial charge in [0.1, 0.15) is 11.2 Å². The number of hydrogen-bond acceptors (Lipinski definition) is 1. The lowest BCUT2D eigenvalue weighted by Gasteiger charge is -2.01. The van der Waals surface area contributed by atoms with E-state index in [-0.39, 0.29) is 0 Å². The van der Waals surface area contributed by atoms with Crippen LogP contribution in [0.5, 0.6) is 0 Å². The Hall–Kier alpha value is -1.77. The number of rotatable bonds is 1. The van der Waals surface area contributed by atoms with Gasteiger partial charge < -0.3 is 4.42 Å². The van der Waals surface area contributed by atoms with E-state index in [1.54, 1.807) is 0 Å². The highest BCUT2D eigenvalue weighted by molar-refractivity contribution is 9.10. The van der Waals surface area contributed by atoms with Crippen LogP contribution in [0.3, 0.4) is 0 Å². The first-order chi connectivity index (χ1) is 10.2. The van der Waals surface area contributed by atoms with Gasteiger partial charge in [0.15, 0.2) is 0 Å². The zero-order valence-electron chi connectivity index (χ0n) is 10.9. The second-order valence-corrected chi connectivity index (χ2v) is 6.17. The molecule has 21 heavy (non-hydrogen) atoms. The van der Waals surface area contributed by atoms with E-state index in [0.717, 1.165) is 37.5 Å². The van der Waals surface area contributed by atoms with Gasteiger partial charge in [-0.2, -0.15) is 0 Å². The second-order valence-electron chi connectivity index (χ2n) is 4.91. The van der Waals surface area contributed by atoms with Crippen molar-refractivity contribution in [1.29, 1.82) is 0 Å². The Balaban J connectivity index is 2.11. The molecular weight excluding hydrogens is 348 g/mol. The lowest BCUT2D eigenvalue weighted by Crippen LogP contribution is -1.77. The summed E-state index contributed by atoms with van der Waals surface area (Å²) in [5, 5.41) is 2.82. The van der Waals surface area contributed by atoms with Crippen molar-refractivity contribution >= 4 is 49.5 Å². The molecule has 102 valence electrons. The summed E-state index contributed by atoms with van der Waals surface area (Å²) in [7, 11) is 0. The first-order valence-corrected chi connectivity index (χ1v) is 7.77. The van der Waals surface area contributed by atoms with Gasteiger partial charge >= 0.3 is 0 Å². The highest BCUT2D eigenvalue weighted by atomic mass is 79.9. The molecule has 0 amide bonds. The number of hydrogen-bond donors (Lipinski definition) is 0. The zero-order valence-corrected chi connectivity index (χ0v) is 13.3. The molecule has 0 spiro atoms. The minimum Gasteiger partial charge on any atom is -0.455 e. The molecule has 0 aliphatic heterocycles. The van der Waals surface area contributed by atoms with E-state index in [1.165, 1.54) is 0 Å². The van der Waals surface area contributed by atoms with Gasteiger partial charge in [0, 0.05) is 26.9 Å². The standard InChI is InChI=1S/C18H10BrClO/c19-15-9-14-13-8-4-7-12(11-5-2-1-3-6-11)18(13)21-17(14)10-16(15)20/h1-10H. The van der Waals surface area contributed by atoms with Crippen LogP contribution in [0.2, 0.25) is 5.02 Å². The molecule has 1 nitrogen and oxygen atoms in total. The predicted octanol–water partition coefficient (Wildman–Crippen LogP) is 6.67. The van der Waals surface area contributed by atoms with E-state index >= 15 is 0 Å². The number of furan rings is 1. The molecule has 1 aromatic heterocycles. The van der Waals surface area contributed by atoms with Gasteiger partial charge in [-0.15, -0.1) is 0 Å². The Bertz CT molecular complexity index is 957. The summed E-state index contributed by atoms with van der Waals surface area (Å²) in [6.07, 6.45) is 0. The monoisotopic (exact) mass is 356 g/mol. The molecule has 0 saturated carbocycles. The first kappa shape index (κ1) is 12.9. The average Bonchev–Trinajstić information content (AvgIpc) is 2.86. The number of benzene rings is 3. The van der Waals surface area contributed by atoms with Gasteiger partial charge in [0.25, 0.3) is 0 Å². The molecule has 0 atom stereocenters. The van der Waals surface area contributed by atoms with Crippen molar-refractivity contribution < 1.29 is 4.42 Å². The summed E-state index contributed by atoms with van der Waals surface area (Å²) in [6, 6.07) is 20.3. The number of para-hydroxylation sites is 1. The van der Waals surface area contributed by atoms with E-state index in [9.17, 15) is 0 Å². The molecule has 0 fully saturated rings. The molecule has 3 aromatic carbocycles. The van der Waals surface area contributed by atoms with Crippen LogP contribution in [-0.4, -0.2) is 0 Å². The molecule has 0 bridgehead atoms. The quantitative estimate of drug-likeness (QED) is 0.371. The van der Waals surface area contributed by atoms with Crippen LogP contribution >= 0.6 is 27.5 Å². The van der Waals surface area contributed by atoms with Gasteiger partial charge in [-0.3, -0.25) is 0 Å². The molecule has 4 aromatic rings. The summed E-state index contributed by atoms with van der Waals surface area (Å²) in [6.45, 7) is 0. The molecule has 0 N–H and O–H groups in total. The van der Waals surface area contributed by atoms with E-state index in [2.05, 4.69) is 46.3 Å². The summed E-state index contributed by atoms with van der Waals surface area (Å²) in [4.78, 5) is 0. The van der Waals surface area contributed by atoms with Crippen LogP contribution in [-0.2, 0) is 0 Å². The van der Waals surface area contributed by atoms with Crippen molar-refractivity contribution in [3.8, 4) is 11.1 Å². The van der Waals surface area contributed by atoms with Gasteiger partial charge in [0.05, 0.1) is 5.02 Å². The summed E-state index contributed by atoms with van der Waals surface area (Å²) in [5.41, 5.74) is 3.94. The smallest absolute Gasteiger partial charge is 0.143 e. The lowest BCUT2D eigenvalue weighted by atomic mass is 10.0. The SMILES string of the molecule is Clc1cc2oc3c(-c4ccccc4)cccc3c2cc1Br. The maximum Gasteiger partial charge on any atom is 0.143 e. The third-order valence-corrected chi connectivity index (χ3v) is 4.82. The van der Waals surface area contributed by atoms with E-state index in [4.69, 9.17) is 16.0 Å². The highest BCUT2D eigenvalue weighted by Gasteiger charge is 2.13. The molecule has 0 radical (unpaired) electrons. The molecule has 0 aliphatic rings.